The number of hydrogen-bond donors (Lipinski definition) is 0. The molecular formula is C18H32N4O. The Hall–Kier alpha value is -1.49. The molecule has 5 heteroatoms. The number of piperazine rings is 1. The van der Waals surface area contributed by atoms with E-state index >= 15 is 0 Å². The van der Waals surface area contributed by atoms with Gasteiger partial charge in [0.25, 0.3) is 0 Å². The first-order chi connectivity index (χ1) is 10.5. The van der Waals surface area contributed by atoms with E-state index in [1.807, 2.05) is 4.90 Å². The monoisotopic (exact) mass is 320 g/mol. The summed E-state index contributed by atoms with van der Waals surface area (Å²) in [6.45, 7) is 18.4. The van der Waals surface area contributed by atoms with Crippen LogP contribution in [0.15, 0.2) is 18.6 Å². The molecule has 0 saturated carbocycles. The van der Waals surface area contributed by atoms with Crippen molar-refractivity contribution in [2.24, 2.45) is 0 Å². The topological polar surface area (TPSA) is 49.3 Å². The molecule has 1 aliphatic rings. The smallest absolute Gasteiger partial charge is 0.219 e. The van der Waals surface area contributed by atoms with E-state index < -0.39 is 0 Å². The van der Waals surface area contributed by atoms with E-state index in [2.05, 4.69) is 56.4 Å². The molecule has 1 saturated heterocycles. The van der Waals surface area contributed by atoms with Gasteiger partial charge in [-0.25, -0.2) is 0 Å². The van der Waals surface area contributed by atoms with Gasteiger partial charge in [-0.2, -0.15) is 0 Å². The number of nitrogens with zero attached hydrogens (tertiary/aromatic N) is 4. The summed E-state index contributed by atoms with van der Waals surface area (Å²) in [7, 11) is 0. The van der Waals surface area contributed by atoms with Crippen molar-refractivity contribution in [3.8, 4) is 0 Å². The van der Waals surface area contributed by atoms with Gasteiger partial charge in [-0.15, -0.1) is 0 Å². The standard InChI is InChI=1S/C10H20N2O.C8H12N2/c1-9(13)11-5-7-12(8-6-11)10(2,3)4;1-8(2,3)7-6-9-4-5-10-7/h5-8H2,1-4H3;4-6H,1-3H3. The zero-order valence-corrected chi connectivity index (χ0v) is 15.8. The summed E-state index contributed by atoms with van der Waals surface area (Å²) in [4.78, 5) is 23.6. The van der Waals surface area contributed by atoms with E-state index in [1.165, 1.54) is 0 Å². The predicted molar refractivity (Wildman–Crippen MR) is 94.3 cm³/mol. The SMILES string of the molecule is CC(=O)N1CCN(C(C)(C)C)CC1.CC(C)(C)c1cnccn1. The lowest BCUT2D eigenvalue weighted by Gasteiger charge is -2.42. The molecule has 130 valence electrons. The normalized spacial score (nSPS) is 16.6. The average Bonchev–Trinajstić information content (AvgIpc) is 2.47. The van der Waals surface area contributed by atoms with Crippen LogP contribution in [0.3, 0.4) is 0 Å². The summed E-state index contributed by atoms with van der Waals surface area (Å²) in [6, 6.07) is 0. The number of carbonyl (C=O) groups excluding carboxylic acids is 1. The highest BCUT2D eigenvalue weighted by molar-refractivity contribution is 5.73. The lowest BCUT2D eigenvalue weighted by atomic mass is 9.93. The van der Waals surface area contributed by atoms with Crippen LogP contribution in [-0.4, -0.2) is 57.4 Å². The van der Waals surface area contributed by atoms with Gasteiger partial charge in [0.05, 0.1) is 5.69 Å². The first kappa shape index (κ1) is 19.6. The molecule has 1 aromatic rings. The van der Waals surface area contributed by atoms with Gasteiger partial charge in [-0.3, -0.25) is 19.7 Å². The summed E-state index contributed by atoms with van der Waals surface area (Å²) in [6.07, 6.45) is 5.22. The quantitative estimate of drug-likeness (QED) is 0.737. The van der Waals surface area contributed by atoms with Crippen LogP contribution in [0.2, 0.25) is 0 Å². The third kappa shape index (κ3) is 6.65. The first-order valence-corrected chi connectivity index (χ1v) is 8.29. The molecule has 1 aromatic heterocycles. The maximum atomic E-state index is 11.1. The molecule has 0 aromatic carbocycles. The molecule has 1 fully saturated rings. The van der Waals surface area contributed by atoms with Crippen molar-refractivity contribution in [3.05, 3.63) is 24.3 Å². The molecule has 0 radical (unpaired) electrons. The zero-order chi connectivity index (χ0) is 17.7. The third-order valence-corrected chi connectivity index (χ3v) is 4.01. The molecule has 0 bridgehead atoms. The van der Waals surface area contributed by atoms with Gasteiger partial charge in [-0.05, 0) is 20.8 Å². The predicted octanol–water partition coefficient (Wildman–Crippen LogP) is 2.72. The molecule has 0 unspecified atom stereocenters. The molecule has 0 atom stereocenters. The molecule has 2 rings (SSSR count). The molecule has 1 amide bonds. The minimum atomic E-state index is 0.119. The van der Waals surface area contributed by atoms with Gasteiger partial charge in [0.15, 0.2) is 0 Å². The highest BCUT2D eigenvalue weighted by atomic mass is 16.2. The lowest BCUT2D eigenvalue weighted by molar-refractivity contribution is -0.131. The molecule has 5 nitrogen and oxygen atoms in total. The molecule has 2 heterocycles. The molecule has 23 heavy (non-hydrogen) atoms. The maximum absolute atomic E-state index is 11.1. The number of rotatable bonds is 0. The Bertz CT molecular complexity index is 480. The molecule has 0 N–H and O–H groups in total. The van der Waals surface area contributed by atoms with Crippen LogP contribution in [0.5, 0.6) is 0 Å². The summed E-state index contributed by atoms with van der Waals surface area (Å²) < 4.78 is 0. The number of hydrogen-bond acceptors (Lipinski definition) is 4. The van der Waals surface area contributed by atoms with E-state index in [1.54, 1.807) is 25.5 Å². The van der Waals surface area contributed by atoms with Gasteiger partial charge in [-0.1, -0.05) is 20.8 Å². The van der Waals surface area contributed by atoms with Crippen molar-refractivity contribution in [1.29, 1.82) is 0 Å². The van der Waals surface area contributed by atoms with E-state index in [0.717, 1.165) is 31.9 Å². The number of amides is 1. The summed E-state index contributed by atoms with van der Waals surface area (Å²) in [5.74, 6) is 0.202. The first-order valence-electron chi connectivity index (χ1n) is 8.29. The van der Waals surface area contributed by atoms with E-state index in [-0.39, 0.29) is 16.9 Å². The molecule has 0 spiro atoms. The van der Waals surface area contributed by atoms with Crippen molar-refractivity contribution in [2.75, 3.05) is 26.2 Å². The fourth-order valence-corrected chi connectivity index (χ4v) is 2.38. The van der Waals surface area contributed by atoms with Crippen molar-refractivity contribution in [1.82, 2.24) is 19.8 Å². The van der Waals surface area contributed by atoms with Crippen LogP contribution in [0.25, 0.3) is 0 Å². The van der Waals surface area contributed by atoms with Crippen molar-refractivity contribution >= 4 is 5.91 Å². The van der Waals surface area contributed by atoms with Gasteiger partial charge in [0.2, 0.25) is 5.91 Å². The van der Waals surface area contributed by atoms with E-state index in [4.69, 9.17) is 0 Å². The lowest BCUT2D eigenvalue weighted by Crippen LogP contribution is -2.54. The maximum Gasteiger partial charge on any atom is 0.219 e. The van der Waals surface area contributed by atoms with Crippen molar-refractivity contribution in [2.45, 2.75) is 59.4 Å². The highest BCUT2D eigenvalue weighted by Crippen LogP contribution is 2.17. The van der Waals surface area contributed by atoms with Crippen molar-refractivity contribution in [3.63, 3.8) is 0 Å². The van der Waals surface area contributed by atoms with Crippen molar-refractivity contribution < 1.29 is 4.79 Å². The van der Waals surface area contributed by atoms with E-state index in [0.29, 0.717) is 0 Å². The number of carbonyl (C=O) groups is 1. The van der Waals surface area contributed by atoms with Crippen LogP contribution in [-0.2, 0) is 10.2 Å². The van der Waals surface area contributed by atoms with Gasteiger partial charge < -0.3 is 4.90 Å². The minimum Gasteiger partial charge on any atom is -0.340 e. The van der Waals surface area contributed by atoms with Crippen LogP contribution in [0.4, 0.5) is 0 Å². The molecule has 1 aliphatic heterocycles. The second-order valence-electron chi connectivity index (χ2n) is 8.00. The Kier molecular flexibility index (Phi) is 6.69. The van der Waals surface area contributed by atoms with E-state index in [9.17, 15) is 4.79 Å². The Morgan fingerprint density at radius 1 is 1.00 bits per heavy atom. The Labute approximate surface area is 141 Å². The molecular weight excluding hydrogens is 288 g/mol. The minimum absolute atomic E-state index is 0.119. The largest absolute Gasteiger partial charge is 0.340 e. The average molecular weight is 320 g/mol. The van der Waals surface area contributed by atoms with Crippen LogP contribution >= 0.6 is 0 Å². The summed E-state index contributed by atoms with van der Waals surface area (Å²) in [5, 5.41) is 0. The second kappa shape index (κ2) is 7.86. The fourth-order valence-electron chi connectivity index (χ4n) is 2.38. The van der Waals surface area contributed by atoms with Crippen LogP contribution in [0.1, 0.15) is 54.2 Å². The number of aromatic nitrogens is 2. The van der Waals surface area contributed by atoms with Gasteiger partial charge in [0, 0.05) is 62.6 Å². The van der Waals surface area contributed by atoms with Gasteiger partial charge in [0.1, 0.15) is 0 Å². The Balaban J connectivity index is 0.000000238. The zero-order valence-electron chi connectivity index (χ0n) is 15.8. The van der Waals surface area contributed by atoms with Gasteiger partial charge >= 0.3 is 0 Å². The van der Waals surface area contributed by atoms with Crippen LogP contribution in [0, 0.1) is 0 Å². The van der Waals surface area contributed by atoms with Crippen LogP contribution < -0.4 is 0 Å². The Morgan fingerprint density at radius 3 is 1.87 bits per heavy atom. The Morgan fingerprint density at radius 2 is 1.57 bits per heavy atom. The summed E-state index contributed by atoms with van der Waals surface area (Å²) in [5.41, 5.74) is 1.40. The highest BCUT2D eigenvalue weighted by Gasteiger charge is 2.26. The summed E-state index contributed by atoms with van der Waals surface area (Å²) >= 11 is 0. The second-order valence-corrected chi connectivity index (χ2v) is 8.00. The fraction of sp³-hybridized carbons (Fsp3) is 0.722. The third-order valence-electron chi connectivity index (χ3n) is 4.01. The molecule has 0 aliphatic carbocycles.